The molecule has 31 heavy (non-hydrogen) atoms. The van der Waals surface area contributed by atoms with Crippen molar-refractivity contribution in [3.05, 3.63) is 65.3 Å². The first-order valence-electron chi connectivity index (χ1n) is 10.2. The minimum Gasteiger partial charge on any atom is -0.310 e. The van der Waals surface area contributed by atoms with Gasteiger partial charge in [-0.05, 0) is 31.0 Å². The van der Waals surface area contributed by atoms with E-state index in [1.54, 1.807) is 4.90 Å². The van der Waals surface area contributed by atoms with Crippen LogP contribution in [-0.4, -0.2) is 32.7 Å². The molecule has 4 heterocycles. The molecule has 156 valence electrons. The average Bonchev–Trinajstić information content (AvgIpc) is 3.47. The van der Waals surface area contributed by atoms with Crippen LogP contribution in [0.2, 0.25) is 0 Å². The van der Waals surface area contributed by atoms with Crippen LogP contribution in [0.3, 0.4) is 0 Å². The molecule has 4 aromatic rings. The monoisotopic (exact) mass is 431 g/mol. The molecule has 1 N–H and O–H groups in total. The van der Waals surface area contributed by atoms with E-state index in [-0.39, 0.29) is 18.2 Å². The van der Waals surface area contributed by atoms with Gasteiger partial charge in [-0.2, -0.15) is 0 Å². The number of carbonyl (C=O) groups excluding carboxylic acids is 2. The molecule has 1 aromatic carbocycles. The summed E-state index contributed by atoms with van der Waals surface area (Å²) in [5, 5.41) is 5.54. The van der Waals surface area contributed by atoms with E-state index < -0.39 is 0 Å². The number of hydrogen-bond acceptors (Lipinski definition) is 5. The molecule has 0 radical (unpaired) electrons. The highest BCUT2D eigenvalue weighted by Crippen LogP contribution is 2.30. The van der Waals surface area contributed by atoms with Crippen molar-refractivity contribution in [1.82, 2.24) is 14.4 Å². The van der Waals surface area contributed by atoms with Crippen LogP contribution in [0.15, 0.2) is 54.0 Å². The summed E-state index contributed by atoms with van der Waals surface area (Å²) < 4.78 is 1.89. The maximum atomic E-state index is 12.9. The van der Waals surface area contributed by atoms with Crippen molar-refractivity contribution in [2.24, 2.45) is 0 Å². The molecule has 1 aliphatic heterocycles. The van der Waals surface area contributed by atoms with Gasteiger partial charge in [0.25, 0.3) is 0 Å². The number of pyridine rings is 1. The van der Waals surface area contributed by atoms with Crippen molar-refractivity contribution >= 4 is 39.7 Å². The summed E-state index contributed by atoms with van der Waals surface area (Å²) in [6.07, 6.45) is 3.46. The van der Waals surface area contributed by atoms with Gasteiger partial charge >= 0.3 is 0 Å². The topological polar surface area (TPSA) is 79.6 Å². The third-order valence-electron chi connectivity index (χ3n) is 5.27. The highest BCUT2D eigenvalue weighted by atomic mass is 32.1. The van der Waals surface area contributed by atoms with Crippen molar-refractivity contribution in [3.63, 3.8) is 0 Å². The number of fused-ring (bicyclic) bond motifs is 1. The zero-order valence-corrected chi connectivity index (χ0v) is 17.9. The molecule has 3 aromatic heterocycles. The standard InChI is InChI=1S/C23H21N5O2S/c1-15-9-11-27-18(12-15)25-21(16-6-3-2-4-7-16)22(27)26-19(29)13-17-14-31-23(24-17)28-10-5-8-20(28)30/h2-4,6-7,9,11-12,14H,5,8,10,13H2,1H3,(H,26,29). The first kappa shape index (κ1) is 19.4. The van der Waals surface area contributed by atoms with E-state index >= 15 is 0 Å². The van der Waals surface area contributed by atoms with Crippen molar-refractivity contribution in [2.45, 2.75) is 26.2 Å². The van der Waals surface area contributed by atoms with Crippen molar-refractivity contribution in [2.75, 3.05) is 16.8 Å². The van der Waals surface area contributed by atoms with E-state index in [1.165, 1.54) is 11.3 Å². The molecule has 0 saturated carbocycles. The van der Waals surface area contributed by atoms with Gasteiger partial charge in [0, 0.05) is 30.1 Å². The van der Waals surface area contributed by atoms with Gasteiger partial charge in [0.1, 0.15) is 17.2 Å². The number of anilines is 2. The number of benzene rings is 1. The van der Waals surface area contributed by atoms with Gasteiger partial charge < -0.3 is 5.32 Å². The Morgan fingerprint density at radius 1 is 1.19 bits per heavy atom. The Bertz CT molecular complexity index is 1280. The zero-order chi connectivity index (χ0) is 21.4. The number of nitrogens with one attached hydrogen (secondary N) is 1. The molecule has 0 spiro atoms. The van der Waals surface area contributed by atoms with Crippen molar-refractivity contribution in [3.8, 4) is 11.3 Å². The first-order valence-corrected chi connectivity index (χ1v) is 11.1. The predicted molar refractivity (Wildman–Crippen MR) is 121 cm³/mol. The van der Waals surface area contributed by atoms with Gasteiger partial charge in [0.15, 0.2) is 5.13 Å². The van der Waals surface area contributed by atoms with E-state index in [1.807, 2.05) is 65.4 Å². The number of carbonyl (C=O) groups is 2. The smallest absolute Gasteiger partial charge is 0.231 e. The number of hydrogen-bond donors (Lipinski definition) is 1. The maximum Gasteiger partial charge on any atom is 0.231 e. The number of thiazole rings is 1. The van der Waals surface area contributed by atoms with E-state index in [4.69, 9.17) is 4.98 Å². The summed E-state index contributed by atoms with van der Waals surface area (Å²) in [5.74, 6) is 0.555. The molecule has 0 aliphatic carbocycles. The van der Waals surface area contributed by atoms with Crippen LogP contribution in [-0.2, 0) is 16.0 Å². The number of amides is 2. The quantitative estimate of drug-likeness (QED) is 0.517. The molecule has 0 unspecified atom stereocenters. The molecule has 7 nitrogen and oxygen atoms in total. The number of imidazole rings is 1. The van der Waals surface area contributed by atoms with Crippen LogP contribution in [0.25, 0.3) is 16.9 Å². The lowest BCUT2D eigenvalue weighted by atomic mass is 10.1. The molecule has 0 bridgehead atoms. The predicted octanol–water partition coefficient (Wildman–Crippen LogP) is 4.07. The largest absolute Gasteiger partial charge is 0.310 e. The Hall–Kier alpha value is -3.52. The minimum absolute atomic E-state index is 0.0962. The lowest BCUT2D eigenvalue weighted by molar-refractivity contribution is -0.117. The van der Waals surface area contributed by atoms with Gasteiger partial charge in [-0.15, -0.1) is 11.3 Å². The Kier molecular flexibility index (Phi) is 4.99. The van der Waals surface area contributed by atoms with Crippen molar-refractivity contribution in [1.29, 1.82) is 0 Å². The second-order valence-corrected chi connectivity index (χ2v) is 8.44. The number of aryl methyl sites for hydroxylation is 1. The van der Waals surface area contributed by atoms with Gasteiger partial charge in [0.2, 0.25) is 11.8 Å². The lowest BCUT2D eigenvalue weighted by Crippen LogP contribution is -2.23. The SMILES string of the molecule is Cc1ccn2c(NC(=O)Cc3csc(N4CCCC4=O)n3)c(-c3ccccc3)nc2c1. The van der Waals surface area contributed by atoms with Gasteiger partial charge in [-0.1, -0.05) is 30.3 Å². The van der Waals surface area contributed by atoms with E-state index in [9.17, 15) is 9.59 Å². The molecular formula is C23H21N5O2S. The Balaban J connectivity index is 1.42. The molecule has 8 heteroatoms. The Morgan fingerprint density at radius 2 is 2.03 bits per heavy atom. The fourth-order valence-corrected chi connectivity index (χ4v) is 4.62. The molecule has 5 rings (SSSR count). The fraction of sp³-hybridized carbons (Fsp3) is 0.217. The summed E-state index contributed by atoms with van der Waals surface area (Å²) >= 11 is 1.40. The highest BCUT2D eigenvalue weighted by Gasteiger charge is 2.24. The van der Waals surface area contributed by atoms with Crippen molar-refractivity contribution < 1.29 is 9.59 Å². The van der Waals surface area contributed by atoms with Crippen LogP contribution in [0.5, 0.6) is 0 Å². The van der Waals surface area contributed by atoms with Crippen LogP contribution in [0.1, 0.15) is 24.1 Å². The number of rotatable bonds is 5. The molecule has 1 fully saturated rings. The summed E-state index contributed by atoms with van der Waals surface area (Å²) in [4.78, 5) is 35.8. The second-order valence-electron chi connectivity index (χ2n) is 7.60. The van der Waals surface area contributed by atoms with Gasteiger partial charge in [0.05, 0.1) is 12.1 Å². The first-order chi connectivity index (χ1) is 15.1. The molecule has 2 amide bonds. The normalized spacial score (nSPS) is 13.8. The Morgan fingerprint density at radius 3 is 2.81 bits per heavy atom. The van der Waals surface area contributed by atoms with Crippen LogP contribution in [0.4, 0.5) is 10.9 Å². The van der Waals surface area contributed by atoms with E-state index in [2.05, 4.69) is 10.3 Å². The second kappa shape index (κ2) is 7.96. The minimum atomic E-state index is -0.177. The fourth-order valence-electron chi connectivity index (χ4n) is 3.76. The summed E-state index contributed by atoms with van der Waals surface area (Å²) in [6, 6.07) is 13.8. The van der Waals surface area contributed by atoms with Crippen LogP contribution in [0, 0.1) is 6.92 Å². The Labute approximate surface area is 183 Å². The summed E-state index contributed by atoms with van der Waals surface area (Å²) in [7, 11) is 0. The maximum absolute atomic E-state index is 12.9. The lowest BCUT2D eigenvalue weighted by Gasteiger charge is -2.10. The highest BCUT2D eigenvalue weighted by molar-refractivity contribution is 7.14. The summed E-state index contributed by atoms with van der Waals surface area (Å²) in [5.41, 5.74) is 4.19. The summed E-state index contributed by atoms with van der Waals surface area (Å²) in [6.45, 7) is 2.71. The number of aromatic nitrogens is 3. The third kappa shape index (κ3) is 3.82. The van der Waals surface area contributed by atoms with Crippen LogP contribution < -0.4 is 10.2 Å². The van der Waals surface area contributed by atoms with Gasteiger partial charge in [-0.25, -0.2) is 9.97 Å². The molecular weight excluding hydrogens is 410 g/mol. The van der Waals surface area contributed by atoms with Gasteiger partial charge in [-0.3, -0.25) is 18.9 Å². The van der Waals surface area contributed by atoms with Crippen LogP contribution >= 0.6 is 11.3 Å². The van der Waals surface area contributed by atoms with E-state index in [0.717, 1.165) is 28.9 Å². The van der Waals surface area contributed by atoms with E-state index in [0.29, 0.717) is 29.6 Å². The average molecular weight is 432 g/mol. The molecule has 1 saturated heterocycles. The molecule has 1 aliphatic rings. The molecule has 0 atom stereocenters. The third-order valence-corrected chi connectivity index (χ3v) is 6.18. The zero-order valence-electron chi connectivity index (χ0n) is 17.0. The number of nitrogens with zero attached hydrogens (tertiary/aromatic N) is 4.